The second-order valence-corrected chi connectivity index (χ2v) is 9.05. The van der Waals surface area contributed by atoms with Crippen molar-refractivity contribution in [2.24, 2.45) is 0 Å². The van der Waals surface area contributed by atoms with E-state index in [-0.39, 0.29) is 6.04 Å². The number of nitrogens with zero attached hydrogens (tertiary/aromatic N) is 2. The quantitative estimate of drug-likeness (QED) is 0.502. The molecule has 32 heavy (non-hydrogen) atoms. The molecule has 1 atom stereocenters. The van der Waals surface area contributed by atoms with Gasteiger partial charge < -0.3 is 20.3 Å². The fourth-order valence-electron chi connectivity index (χ4n) is 4.96. The van der Waals surface area contributed by atoms with Crippen molar-refractivity contribution in [2.75, 3.05) is 57.9 Å². The van der Waals surface area contributed by atoms with Crippen molar-refractivity contribution >= 4 is 17.5 Å². The molecule has 1 aromatic carbocycles. The van der Waals surface area contributed by atoms with E-state index < -0.39 is 11.8 Å². The number of morpholine rings is 1. The topological polar surface area (TPSA) is 73.9 Å². The summed E-state index contributed by atoms with van der Waals surface area (Å²) in [4.78, 5) is 29.4. The van der Waals surface area contributed by atoms with Crippen molar-refractivity contribution in [1.29, 1.82) is 0 Å². The Morgan fingerprint density at radius 2 is 1.88 bits per heavy atom. The van der Waals surface area contributed by atoms with Crippen LogP contribution in [0.1, 0.15) is 49.3 Å². The van der Waals surface area contributed by atoms with Crippen LogP contribution in [0.2, 0.25) is 0 Å². The van der Waals surface area contributed by atoms with Crippen molar-refractivity contribution in [3.05, 3.63) is 41.0 Å². The van der Waals surface area contributed by atoms with E-state index in [0.29, 0.717) is 26.3 Å². The molecular formula is C25H36N4O3. The first-order chi connectivity index (χ1) is 15.6. The van der Waals surface area contributed by atoms with E-state index in [9.17, 15) is 9.59 Å². The number of amides is 2. The summed E-state index contributed by atoms with van der Waals surface area (Å²) in [5.41, 5.74) is 5.22. The maximum absolute atomic E-state index is 12.5. The zero-order valence-electron chi connectivity index (χ0n) is 19.2. The predicted octanol–water partition coefficient (Wildman–Crippen LogP) is 2.18. The van der Waals surface area contributed by atoms with Gasteiger partial charge in [0.15, 0.2) is 0 Å². The van der Waals surface area contributed by atoms with Gasteiger partial charge in [-0.25, -0.2) is 0 Å². The van der Waals surface area contributed by atoms with Crippen molar-refractivity contribution in [1.82, 2.24) is 15.5 Å². The first kappa shape index (κ1) is 22.8. The van der Waals surface area contributed by atoms with E-state index in [4.69, 9.17) is 4.74 Å². The highest BCUT2D eigenvalue weighted by atomic mass is 16.5. The summed E-state index contributed by atoms with van der Waals surface area (Å²) >= 11 is 0. The molecule has 2 heterocycles. The third kappa shape index (κ3) is 5.70. The largest absolute Gasteiger partial charge is 0.379 e. The third-order valence-electron chi connectivity index (χ3n) is 6.88. The van der Waals surface area contributed by atoms with Crippen molar-refractivity contribution in [3.8, 4) is 0 Å². The maximum atomic E-state index is 12.5. The lowest BCUT2D eigenvalue weighted by Gasteiger charge is -2.35. The molecule has 0 radical (unpaired) electrons. The van der Waals surface area contributed by atoms with Crippen molar-refractivity contribution in [2.45, 2.75) is 44.6 Å². The van der Waals surface area contributed by atoms with Crippen LogP contribution in [0.3, 0.4) is 0 Å². The normalized spacial score (nSPS) is 19.8. The molecule has 1 saturated heterocycles. The first-order valence-corrected chi connectivity index (χ1v) is 12.0. The number of nitrogens with one attached hydrogen (secondary N) is 2. The molecule has 0 unspecified atom stereocenters. The van der Waals surface area contributed by atoms with E-state index in [2.05, 4.69) is 51.8 Å². The molecule has 3 aliphatic rings. The lowest BCUT2D eigenvalue weighted by atomic mass is 9.97. The SMILES string of the molecule is CN1CCc2cc([C@H](CNC(=O)C(=O)NCCC3=CCCCC3)N3CCOCC3)ccc21. The number of anilines is 1. The van der Waals surface area contributed by atoms with E-state index in [1.807, 2.05) is 0 Å². The van der Waals surface area contributed by atoms with E-state index in [1.54, 1.807) is 0 Å². The van der Waals surface area contributed by atoms with Crippen LogP contribution in [0, 0.1) is 0 Å². The second kappa shape index (κ2) is 11.0. The number of allylic oxidation sites excluding steroid dienone is 1. The average molecular weight is 441 g/mol. The number of carbonyl (C=O) groups is 2. The Morgan fingerprint density at radius 3 is 2.66 bits per heavy atom. The number of likely N-dealkylation sites (N-methyl/N-ethyl adjacent to an activating group) is 1. The van der Waals surface area contributed by atoms with Gasteiger partial charge in [0.1, 0.15) is 0 Å². The minimum atomic E-state index is -0.554. The van der Waals surface area contributed by atoms with Gasteiger partial charge in [-0.1, -0.05) is 23.8 Å². The number of carbonyl (C=O) groups excluding carboxylic acids is 2. The molecule has 0 aromatic heterocycles. The number of ether oxygens (including phenoxy) is 1. The third-order valence-corrected chi connectivity index (χ3v) is 6.88. The van der Waals surface area contributed by atoms with Gasteiger partial charge in [0, 0.05) is 45.5 Å². The molecular weight excluding hydrogens is 404 g/mol. The first-order valence-electron chi connectivity index (χ1n) is 12.0. The van der Waals surface area contributed by atoms with Gasteiger partial charge in [0.2, 0.25) is 0 Å². The highest BCUT2D eigenvalue weighted by Gasteiger charge is 2.26. The van der Waals surface area contributed by atoms with Crippen LogP contribution < -0.4 is 15.5 Å². The summed E-state index contributed by atoms with van der Waals surface area (Å²) in [6, 6.07) is 6.63. The lowest BCUT2D eigenvalue weighted by Crippen LogP contribution is -2.46. The van der Waals surface area contributed by atoms with Gasteiger partial charge in [0.25, 0.3) is 0 Å². The fraction of sp³-hybridized carbons (Fsp3) is 0.600. The van der Waals surface area contributed by atoms with Gasteiger partial charge in [-0.05, 0) is 55.7 Å². The van der Waals surface area contributed by atoms with Gasteiger partial charge in [-0.2, -0.15) is 0 Å². The molecule has 1 fully saturated rings. The molecule has 0 bridgehead atoms. The molecule has 174 valence electrons. The van der Waals surface area contributed by atoms with E-state index in [1.165, 1.54) is 35.2 Å². The molecule has 4 rings (SSSR count). The maximum Gasteiger partial charge on any atom is 0.309 e. The summed E-state index contributed by atoms with van der Waals surface area (Å²) in [6.45, 7) is 4.98. The summed E-state index contributed by atoms with van der Waals surface area (Å²) < 4.78 is 5.53. The Kier molecular flexibility index (Phi) is 7.81. The summed E-state index contributed by atoms with van der Waals surface area (Å²) in [5.74, 6) is -1.10. The highest BCUT2D eigenvalue weighted by Crippen LogP contribution is 2.31. The minimum absolute atomic E-state index is 0.0271. The zero-order chi connectivity index (χ0) is 22.3. The van der Waals surface area contributed by atoms with Gasteiger partial charge >= 0.3 is 11.8 Å². The van der Waals surface area contributed by atoms with Crippen LogP contribution in [0.5, 0.6) is 0 Å². The average Bonchev–Trinajstić information content (AvgIpc) is 3.20. The van der Waals surface area contributed by atoms with Crippen LogP contribution >= 0.6 is 0 Å². The minimum Gasteiger partial charge on any atom is -0.379 e. The summed E-state index contributed by atoms with van der Waals surface area (Å²) in [6.07, 6.45) is 8.87. The smallest absolute Gasteiger partial charge is 0.309 e. The Balaban J connectivity index is 1.34. The van der Waals surface area contributed by atoms with Crippen LogP contribution in [-0.2, 0) is 20.7 Å². The molecule has 2 N–H and O–H groups in total. The van der Waals surface area contributed by atoms with Crippen LogP contribution in [0.25, 0.3) is 0 Å². The number of hydrogen-bond acceptors (Lipinski definition) is 5. The van der Waals surface area contributed by atoms with Crippen LogP contribution in [-0.4, -0.2) is 69.7 Å². The molecule has 0 spiro atoms. The van der Waals surface area contributed by atoms with Crippen LogP contribution in [0.4, 0.5) is 5.69 Å². The Morgan fingerprint density at radius 1 is 1.06 bits per heavy atom. The summed E-state index contributed by atoms with van der Waals surface area (Å²) in [5, 5.41) is 5.67. The molecule has 7 heteroatoms. The molecule has 1 aromatic rings. The van der Waals surface area contributed by atoms with Gasteiger partial charge in [0.05, 0.1) is 19.3 Å². The van der Waals surface area contributed by atoms with Gasteiger partial charge in [-0.15, -0.1) is 0 Å². The molecule has 2 aliphatic heterocycles. The van der Waals surface area contributed by atoms with Crippen molar-refractivity contribution in [3.63, 3.8) is 0 Å². The highest BCUT2D eigenvalue weighted by molar-refractivity contribution is 6.35. The lowest BCUT2D eigenvalue weighted by molar-refractivity contribution is -0.139. The Hall–Kier alpha value is -2.38. The monoisotopic (exact) mass is 440 g/mol. The van der Waals surface area contributed by atoms with Crippen molar-refractivity contribution < 1.29 is 14.3 Å². The van der Waals surface area contributed by atoms with E-state index >= 15 is 0 Å². The molecule has 2 amide bonds. The van der Waals surface area contributed by atoms with Crippen LogP contribution in [0.15, 0.2) is 29.8 Å². The second-order valence-electron chi connectivity index (χ2n) is 9.05. The zero-order valence-corrected chi connectivity index (χ0v) is 19.2. The number of fused-ring (bicyclic) bond motifs is 1. The standard InChI is InChI=1S/C25H36N4O3/c1-28-12-10-21-17-20(7-8-22(21)28)23(29-13-15-32-16-14-29)18-27-25(31)24(30)26-11-9-19-5-3-2-4-6-19/h5,7-8,17,23H,2-4,6,9-16,18H2,1H3,(H,26,30)(H,27,31)/t23-/m0/s1. The molecule has 0 saturated carbocycles. The predicted molar refractivity (Wildman–Crippen MR) is 126 cm³/mol. The molecule has 7 nitrogen and oxygen atoms in total. The number of hydrogen-bond donors (Lipinski definition) is 2. The molecule has 1 aliphatic carbocycles. The number of benzene rings is 1. The van der Waals surface area contributed by atoms with E-state index in [0.717, 1.165) is 45.3 Å². The Bertz CT molecular complexity index is 848. The summed E-state index contributed by atoms with van der Waals surface area (Å²) in [7, 11) is 2.12. The number of rotatable bonds is 7. The van der Waals surface area contributed by atoms with Gasteiger partial charge in [-0.3, -0.25) is 14.5 Å². The Labute approximate surface area is 191 Å². The fourth-order valence-corrected chi connectivity index (χ4v) is 4.96.